The van der Waals surface area contributed by atoms with E-state index in [2.05, 4.69) is 25.7 Å². The van der Waals surface area contributed by atoms with Crippen LogP contribution < -0.4 is 0 Å². The van der Waals surface area contributed by atoms with Gasteiger partial charge >= 0.3 is 24.2 Å². The van der Waals surface area contributed by atoms with Gasteiger partial charge in [0.15, 0.2) is 5.69 Å². The average molecular weight is 485 g/mol. The zero-order valence-electron chi connectivity index (χ0n) is 13.2. The number of hydrogen-bond donors (Lipinski definition) is 1. The monoisotopic (exact) mass is 484 g/mol. The lowest BCUT2D eigenvalue weighted by molar-refractivity contribution is -0.289. The molecular weight excluding hydrogens is 479 g/mol. The maximum atomic E-state index is 14.2. The summed E-state index contributed by atoms with van der Waals surface area (Å²) in [4.78, 5) is 16.6. The van der Waals surface area contributed by atoms with Gasteiger partial charge in [-0.1, -0.05) is 0 Å². The summed E-state index contributed by atoms with van der Waals surface area (Å²) in [5, 5.41) is 0. The van der Waals surface area contributed by atoms with Gasteiger partial charge in [-0.05, 0) is 28.1 Å². The topological polar surface area (TPSA) is 55.0 Å². The first-order valence-electron chi connectivity index (χ1n) is 6.81. The van der Waals surface area contributed by atoms with Crippen molar-refractivity contribution in [1.82, 2.24) is 9.97 Å². The maximum absolute atomic E-state index is 14.2. The molecule has 14 heteroatoms. The smallest absolute Gasteiger partial charge is 0.458 e. The highest BCUT2D eigenvalue weighted by molar-refractivity contribution is 9.10. The van der Waals surface area contributed by atoms with Gasteiger partial charge in [0.2, 0.25) is 0 Å². The predicted molar refractivity (Wildman–Crippen MR) is 78.0 cm³/mol. The number of carbonyl (C=O) groups excluding carboxylic acids is 1. The molecule has 1 N–H and O–H groups in total. The number of H-pyrrole nitrogens is 1. The standard InChI is InChI=1S/C14H6BrF9N2O2/c1-28-11(27)4-2-5(10-25-8(9(15)26-10)13(19,20)21)7(16)3-6(4)12(17,18)14(22,23)24/h2-3H,1H3,(H,25,26). The molecule has 0 saturated carbocycles. The summed E-state index contributed by atoms with van der Waals surface area (Å²) in [6.07, 6.45) is -11.1. The van der Waals surface area contributed by atoms with Crippen molar-refractivity contribution < 1.29 is 49.0 Å². The molecule has 0 radical (unpaired) electrons. The molecule has 0 saturated heterocycles. The van der Waals surface area contributed by atoms with Crippen molar-refractivity contribution in [2.45, 2.75) is 18.3 Å². The Hall–Kier alpha value is -2.25. The summed E-state index contributed by atoms with van der Waals surface area (Å²) in [6.45, 7) is 0. The van der Waals surface area contributed by atoms with E-state index in [0.29, 0.717) is 7.11 Å². The fraction of sp³-hybridized carbons (Fsp3) is 0.286. The third-order valence-corrected chi connectivity index (χ3v) is 3.98. The number of rotatable bonds is 3. The second-order valence-corrected chi connectivity index (χ2v) is 5.94. The number of ether oxygens (including phenoxy) is 1. The summed E-state index contributed by atoms with van der Waals surface area (Å²) in [5.74, 6) is -9.98. The van der Waals surface area contributed by atoms with Gasteiger partial charge in [-0.3, -0.25) is 0 Å². The van der Waals surface area contributed by atoms with Crippen LogP contribution in [0.1, 0.15) is 21.6 Å². The summed E-state index contributed by atoms with van der Waals surface area (Å²) >= 11 is 2.46. The van der Waals surface area contributed by atoms with E-state index in [9.17, 15) is 44.3 Å². The van der Waals surface area contributed by atoms with Gasteiger partial charge in [0.1, 0.15) is 16.2 Å². The molecule has 154 valence electrons. The Bertz CT molecular complexity index is 919. The summed E-state index contributed by atoms with van der Waals surface area (Å²) in [7, 11) is 0.659. The molecule has 0 atom stereocenters. The molecule has 0 aliphatic heterocycles. The summed E-state index contributed by atoms with van der Waals surface area (Å²) < 4.78 is 121. The van der Waals surface area contributed by atoms with E-state index < -0.39 is 62.9 Å². The first-order chi connectivity index (χ1) is 12.6. The number of methoxy groups -OCH3 is 1. The third kappa shape index (κ3) is 3.82. The number of carbonyl (C=O) groups is 1. The minimum absolute atomic E-state index is 0.196. The van der Waals surface area contributed by atoms with Crippen LogP contribution in [-0.2, 0) is 16.8 Å². The molecule has 1 aromatic heterocycles. The molecule has 1 heterocycles. The lowest BCUT2D eigenvalue weighted by Gasteiger charge is -2.22. The number of benzene rings is 1. The number of alkyl halides is 8. The number of imidazole rings is 1. The first kappa shape index (κ1) is 22.0. The van der Waals surface area contributed by atoms with E-state index in [1.54, 1.807) is 4.98 Å². The average Bonchev–Trinajstić information content (AvgIpc) is 2.94. The van der Waals surface area contributed by atoms with E-state index in [4.69, 9.17) is 0 Å². The number of aromatic amines is 1. The second-order valence-electron chi connectivity index (χ2n) is 5.19. The van der Waals surface area contributed by atoms with E-state index in [-0.39, 0.29) is 12.1 Å². The van der Waals surface area contributed by atoms with Gasteiger partial charge in [0.25, 0.3) is 0 Å². The fourth-order valence-electron chi connectivity index (χ4n) is 2.11. The largest absolute Gasteiger partial charge is 0.465 e. The number of halogens is 10. The van der Waals surface area contributed by atoms with Crippen LogP contribution >= 0.6 is 15.9 Å². The highest BCUT2D eigenvalue weighted by Gasteiger charge is 2.60. The molecule has 0 unspecified atom stereocenters. The van der Waals surface area contributed by atoms with E-state index in [0.717, 1.165) is 0 Å². The minimum atomic E-state index is -6.18. The van der Waals surface area contributed by atoms with Crippen LogP contribution in [0.5, 0.6) is 0 Å². The molecule has 1 aromatic carbocycles. The van der Waals surface area contributed by atoms with Gasteiger partial charge in [-0.2, -0.15) is 35.1 Å². The van der Waals surface area contributed by atoms with Crippen LogP contribution in [-0.4, -0.2) is 29.2 Å². The Labute approximate surface area is 157 Å². The van der Waals surface area contributed by atoms with Gasteiger partial charge in [-0.25, -0.2) is 14.2 Å². The van der Waals surface area contributed by atoms with Crippen molar-refractivity contribution in [3.05, 3.63) is 39.4 Å². The molecule has 2 rings (SSSR count). The Balaban J connectivity index is 2.76. The van der Waals surface area contributed by atoms with Gasteiger partial charge in [0, 0.05) is 5.56 Å². The van der Waals surface area contributed by atoms with Crippen LogP contribution in [0.25, 0.3) is 11.4 Å². The van der Waals surface area contributed by atoms with Gasteiger partial charge in [0.05, 0.1) is 18.2 Å². The molecule has 0 aliphatic rings. The number of nitrogens with zero attached hydrogens (tertiary/aromatic N) is 1. The fourth-order valence-corrected chi connectivity index (χ4v) is 2.61. The van der Waals surface area contributed by atoms with Crippen LogP contribution in [0.4, 0.5) is 39.5 Å². The van der Waals surface area contributed by atoms with Crippen molar-refractivity contribution >= 4 is 21.9 Å². The van der Waals surface area contributed by atoms with Crippen LogP contribution in [0.2, 0.25) is 0 Å². The normalized spacial score (nSPS) is 13.0. The van der Waals surface area contributed by atoms with E-state index in [1.807, 2.05) is 0 Å². The molecule has 0 amide bonds. The SMILES string of the molecule is COC(=O)c1cc(-c2nc(Br)c(C(F)(F)F)[nH]2)c(F)cc1C(F)(F)C(F)(F)F. The van der Waals surface area contributed by atoms with Crippen molar-refractivity contribution in [2.75, 3.05) is 7.11 Å². The van der Waals surface area contributed by atoms with Crippen molar-refractivity contribution in [2.24, 2.45) is 0 Å². The van der Waals surface area contributed by atoms with Gasteiger partial charge in [-0.15, -0.1) is 0 Å². The van der Waals surface area contributed by atoms with Crippen molar-refractivity contribution in [3.8, 4) is 11.4 Å². The van der Waals surface area contributed by atoms with Crippen LogP contribution in [0.15, 0.2) is 16.7 Å². The highest BCUT2D eigenvalue weighted by atomic mass is 79.9. The molecule has 0 bridgehead atoms. The minimum Gasteiger partial charge on any atom is -0.465 e. The number of nitrogens with one attached hydrogen (secondary N) is 1. The number of hydrogen-bond acceptors (Lipinski definition) is 3. The lowest BCUT2D eigenvalue weighted by atomic mass is 9.97. The quantitative estimate of drug-likeness (QED) is 0.466. The Morgan fingerprint density at radius 2 is 1.68 bits per heavy atom. The summed E-state index contributed by atoms with van der Waals surface area (Å²) in [5.41, 5.74) is -5.89. The van der Waals surface area contributed by atoms with Gasteiger partial charge < -0.3 is 9.72 Å². The second kappa shape index (κ2) is 6.97. The number of aromatic nitrogens is 2. The molecule has 4 nitrogen and oxygen atoms in total. The molecule has 28 heavy (non-hydrogen) atoms. The lowest BCUT2D eigenvalue weighted by Crippen LogP contribution is -2.35. The summed E-state index contributed by atoms with van der Waals surface area (Å²) in [6, 6.07) is -0.111. The Morgan fingerprint density at radius 1 is 1.11 bits per heavy atom. The van der Waals surface area contributed by atoms with E-state index >= 15 is 0 Å². The van der Waals surface area contributed by atoms with Crippen molar-refractivity contribution in [1.29, 1.82) is 0 Å². The molecular formula is C14H6BrF9N2O2. The number of esters is 1. The Morgan fingerprint density at radius 3 is 2.11 bits per heavy atom. The van der Waals surface area contributed by atoms with E-state index in [1.165, 1.54) is 0 Å². The molecule has 0 fully saturated rings. The first-order valence-corrected chi connectivity index (χ1v) is 7.60. The molecule has 0 spiro atoms. The zero-order chi connectivity index (χ0) is 21.7. The van der Waals surface area contributed by atoms with Crippen LogP contribution in [0, 0.1) is 5.82 Å². The van der Waals surface area contributed by atoms with Crippen molar-refractivity contribution in [3.63, 3.8) is 0 Å². The third-order valence-electron chi connectivity index (χ3n) is 3.41. The molecule has 2 aromatic rings. The molecule has 0 aliphatic carbocycles. The maximum Gasteiger partial charge on any atom is 0.458 e. The predicted octanol–water partition coefficient (Wildman–Crippen LogP) is 5.44. The Kier molecular flexibility index (Phi) is 5.49. The zero-order valence-corrected chi connectivity index (χ0v) is 14.8. The van der Waals surface area contributed by atoms with Crippen LogP contribution in [0.3, 0.4) is 0 Å². The highest BCUT2D eigenvalue weighted by Crippen LogP contribution is 2.46.